The Morgan fingerprint density at radius 1 is 1.59 bits per heavy atom. The smallest absolute Gasteiger partial charge is 0.356 e. The molecule has 1 heterocycles. The quantitative estimate of drug-likeness (QED) is 0.636. The molecule has 6 nitrogen and oxygen atoms in total. The average Bonchev–Trinajstić information content (AvgIpc) is 2.65. The van der Waals surface area contributed by atoms with Gasteiger partial charge in [0.2, 0.25) is 0 Å². The highest BCUT2D eigenvalue weighted by Gasteiger charge is 2.17. The van der Waals surface area contributed by atoms with Crippen LogP contribution in [0.2, 0.25) is 0 Å². The Morgan fingerprint density at radius 3 is 2.76 bits per heavy atom. The molecular weight excluding hydrogens is 253 g/mol. The third kappa shape index (κ3) is 4.03. The van der Waals surface area contributed by atoms with Crippen molar-refractivity contribution in [2.24, 2.45) is 0 Å². The van der Waals surface area contributed by atoms with E-state index in [1.807, 2.05) is 0 Å². The van der Waals surface area contributed by atoms with Crippen molar-refractivity contribution >= 4 is 29.3 Å². The number of alkyl halides is 2. The fraction of sp³-hybridized carbons (Fsp3) is 0.444. The summed E-state index contributed by atoms with van der Waals surface area (Å²) in [5.41, 5.74) is -2.11. The van der Waals surface area contributed by atoms with Crippen molar-refractivity contribution in [2.75, 3.05) is 5.32 Å². The Bertz CT molecular complexity index is 419. The van der Waals surface area contributed by atoms with Crippen molar-refractivity contribution in [3.8, 4) is 0 Å². The number of carbonyl (C=O) groups excluding carboxylic acids is 2. The number of nitrogens with zero attached hydrogens (tertiary/aromatic N) is 1. The highest BCUT2D eigenvalue weighted by Crippen LogP contribution is 2.09. The fourth-order valence-corrected chi connectivity index (χ4v) is 1.00. The molecule has 1 aromatic heterocycles. The molecule has 1 aromatic rings. The molecule has 0 radical (unpaired) electrons. The topological polar surface area (TPSA) is 84.1 Å². The van der Waals surface area contributed by atoms with Crippen LogP contribution < -0.4 is 5.32 Å². The number of aromatic amines is 1. The number of halogens is 2. The summed E-state index contributed by atoms with van der Waals surface area (Å²) < 4.78 is 17.2. The third-order valence-electron chi connectivity index (χ3n) is 1.59. The Labute approximate surface area is 101 Å². The van der Waals surface area contributed by atoms with Gasteiger partial charge in [-0.15, -0.1) is 0 Å². The zero-order valence-electron chi connectivity index (χ0n) is 9.16. The van der Waals surface area contributed by atoms with Crippen LogP contribution in [-0.2, 0) is 9.53 Å². The molecule has 0 saturated carbocycles. The van der Waals surface area contributed by atoms with E-state index < -0.39 is 17.5 Å². The second kappa shape index (κ2) is 5.62. The van der Waals surface area contributed by atoms with Gasteiger partial charge in [0, 0.05) is 6.07 Å². The molecular formula is C9H11ClFN3O3. The average molecular weight is 264 g/mol. The lowest BCUT2D eigenvalue weighted by molar-refractivity contribution is -0.118. The molecule has 0 aromatic carbocycles. The number of hydrogen-bond donors (Lipinski definition) is 2. The standard InChI is InChI=1S/C9H11ClFN3O3/c1-4(2)17-9(16)5-3-6(14-13-5)12-8(15)7(10)11/h3-4,7H,1-2H3,(H2,12,13,14,15). The molecule has 94 valence electrons. The SMILES string of the molecule is CC(C)OC(=O)c1cc(NC(=O)C(F)Cl)n[nH]1. The highest BCUT2D eigenvalue weighted by molar-refractivity contribution is 6.31. The summed E-state index contributed by atoms with van der Waals surface area (Å²) in [7, 11) is 0. The first-order valence-corrected chi connectivity index (χ1v) is 5.19. The minimum Gasteiger partial charge on any atom is -0.458 e. The lowest BCUT2D eigenvalue weighted by atomic mass is 10.4. The van der Waals surface area contributed by atoms with Crippen LogP contribution in [0.15, 0.2) is 6.07 Å². The first-order valence-electron chi connectivity index (χ1n) is 4.75. The molecule has 2 N–H and O–H groups in total. The van der Waals surface area contributed by atoms with Crippen LogP contribution in [0.3, 0.4) is 0 Å². The number of H-pyrrole nitrogens is 1. The van der Waals surface area contributed by atoms with Crippen molar-refractivity contribution < 1.29 is 18.7 Å². The van der Waals surface area contributed by atoms with Gasteiger partial charge in [0.15, 0.2) is 5.82 Å². The number of rotatable bonds is 4. The molecule has 0 spiro atoms. The molecule has 1 rings (SSSR count). The highest BCUT2D eigenvalue weighted by atomic mass is 35.5. The number of aromatic nitrogens is 2. The van der Waals surface area contributed by atoms with Crippen LogP contribution in [0.5, 0.6) is 0 Å². The van der Waals surface area contributed by atoms with Crippen LogP contribution in [0, 0.1) is 0 Å². The molecule has 1 amide bonds. The van der Waals surface area contributed by atoms with Crippen molar-refractivity contribution in [1.82, 2.24) is 10.2 Å². The summed E-state index contributed by atoms with van der Waals surface area (Å²) in [5, 5.41) is 8.01. The van der Waals surface area contributed by atoms with Gasteiger partial charge in [-0.1, -0.05) is 11.6 Å². The van der Waals surface area contributed by atoms with Crippen LogP contribution in [0.1, 0.15) is 24.3 Å². The Hall–Kier alpha value is -1.63. The Balaban J connectivity index is 2.65. The monoisotopic (exact) mass is 263 g/mol. The van der Waals surface area contributed by atoms with Gasteiger partial charge in [0.1, 0.15) is 5.69 Å². The van der Waals surface area contributed by atoms with E-state index in [0.717, 1.165) is 0 Å². The van der Waals surface area contributed by atoms with E-state index in [2.05, 4.69) is 15.5 Å². The number of ether oxygens (including phenoxy) is 1. The van der Waals surface area contributed by atoms with Gasteiger partial charge in [0.05, 0.1) is 6.10 Å². The van der Waals surface area contributed by atoms with E-state index in [0.29, 0.717) is 0 Å². The number of anilines is 1. The summed E-state index contributed by atoms with van der Waals surface area (Å²) in [6.07, 6.45) is -0.276. The first kappa shape index (κ1) is 13.4. The number of hydrogen-bond acceptors (Lipinski definition) is 4. The predicted octanol–water partition coefficient (Wildman–Crippen LogP) is 1.45. The molecule has 0 saturated heterocycles. The van der Waals surface area contributed by atoms with Gasteiger partial charge in [-0.05, 0) is 13.8 Å². The maximum atomic E-state index is 12.3. The maximum Gasteiger partial charge on any atom is 0.356 e. The second-order valence-corrected chi connectivity index (χ2v) is 3.79. The van der Waals surface area contributed by atoms with Gasteiger partial charge in [-0.2, -0.15) is 5.10 Å². The largest absolute Gasteiger partial charge is 0.458 e. The molecule has 0 bridgehead atoms. The molecule has 0 aliphatic rings. The van der Waals surface area contributed by atoms with Crippen molar-refractivity contribution in [1.29, 1.82) is 0 Å². The zero-order valence-corrected chi connectivity index (χ0v) is 9.92. The first-order chi connectivity index (χ1) is 7.90. The van der Waals surface area contributed by atoms with E-state index in [9.17, 15) is 14.0 Å². The van der Waals surface area contributed by atoms with Crippen LogP contribution in [0.4, 0.5) is 10.2 Å². The molecule has 17 heavy (non-hydrogen) atoms. The maximum absolute atomic E-state index is 12.3. The normalized spacial score (nSPS) is 12.3. The van der Waals surface area contributed by atoms with Crippen LogP contribution in [-0.4, -0.2) is 33.8 Å². The van der Waals surface area contributed by atoms with Gasteiger partial charge >= 0.3 is 5.97 Å². The molecule has 0 aliphatic carbocycles. The van der Waals surface area contributed by atoms with Crippen molar-refractivity contribution in [2.45, 2.75) is 25.6 Å². The molecule has 1 unspecified atom stereocenters. The van der Waals surface area contributed by atoms with E-state index in [-0.39, 0.29) is 17.6 Å². The van der Waals surface area contributed by atoms with Crippen LogP contribution >= 0.6 is 11.6 Å². The van der Waals surface area contributed by atoms with E-state index in [4.69, 9.17) is 16.3 Å². The summed E-state index contributed by atoms with van der Waals surface area (Å²) in [4.78, 5) is 22.3. The van der Waals surface area contributed by atoms with Crippen LogP contribution in [0.25, 0.3) is 0 Å². The summed E-state index contributed by atoms with van der Waals surface area (Å²) in [6, 6.07) is 1.22. The molecule has 8 heteroatoms. The minimum atomic E-state index is -2.17. The summed E-state index contributed by atoms with van der Waals surface area (Å²) >= 11 is 4.91. The van der Waals surface area contributed by atoms with Gasteiger partial charge in [-0.25, -0.2) is 9.18 Å². The lowest BCUT2D eigenvalue weighted by Crippen LogP contribution is -2.19. The Kier molecular flexibility index (Phi) is 4.45. The number of nitrogens with one attached hydrogen (secondary N) is 2. The predicted molar refractivity (Wildman–Crippen MR) is 58.5 cm³/mol. The molecule has 1 atom stereocenters. The number of carbonyl (C=O) groups is 2. The minimum absolute atomic E-state index is 0.00555. The fourth-order valence-electron chi connectivity index (χ4n) is 0.949. The van der Waals surface area contributed by atoms with Gasteiger partial charge in [0.25, 0.3) is 11.5 Å². The molecule has 0 aliphatic heterocycles. The van der Waals surface area contributed by atoms with E-state index in [1.54, 1.807) is 13.8 Å². The van der Waals surface area contributed by atoms with Crippen molar-refractivity contribution in [3.63, 3.8) is 0 Å². The lowest BCUT2D eigenvalue weighted by Gasteiger charge is -2.05. The third-order valence-corrected chi connectivity index (χ3v) is 1.79. The van der Waals surface area contributed by atoms with Crippen molar-refractivity contribution in [3.05, 3.63) is 11.8 Å². The Morgan fingerprint density at radius 2 is 2.24 bits per heavy atom. The summed E-state index contributed by atoms with van der Waals surface area (Å²) in [5.74, 6) is -1.67. The molecule has 0 fully saturated rings. The zero-order chi connectivity index (χ0) is 13.0. The second-order valence-electron chi connectivity index (χ2n) is 3.41. The summed E-state index contributed by atoms with van der Waals surface area (Å²) in [6.45, 7) is 3.39. The van der Waals surface area contributed by atoms with E-state index in [1.165, 1.54) is 6.07 Å². The van der Waals surface area contributed by atoms with Gasteiger partial charge in [-0.3, -0.25) is 9.89 Å². The van der Waals surface area contributed by atoms with E-state index >= 15 is 0 Å². The number of esters is 1. The number of amides is 1. The van der Waals surface area contributed by atoms with Gasteiger partial charge < -0.3 is 10.1 Å².